The number of rotatable bonds is 14. The molecular formula is C32H34F3N5O7. The van der Waals surface area contributed by atoms with Crippen LogP contribution in [-0.2, 0) is 29.2 Å². The zero-order chi connectivity index (χ0) is 34.0. The predicted octanol–water partition coefficient (Wildman–Crippen LogP) is 6.13. The largest absolute Gasteiger partial charge is 0.573 e. The lowest BCUT2D eigenvalue weighted by Gasteiger charge is -2.24. The Morgan fingerprint density at radius 3 is 2.30 bits per heavy atom. The molecule has 0 aliphatic heterocycles. The zero-order valence-electron chi connectivity index (χ0n) is 25.7. The summed E-state index contributed by atoms with van der Waals surface area (Å²) in [5.74, 6) is -0.247. The van der Waals surface area contributed by atoms with Crippen molar-refractivity contribution in [3.05, 3.63) is 101 Å². The molecule has 0 radical (unpaired) electrons. The summed E-state index contributed by atoms with van der Waals surface area (Å²) in [5, 5.41) is 21.4. The number of carbonyl (C=O) groups is 2. The van der Waals surface area contributed by atoms with E-state index < -0.39 is 36.6 Å². The van der Waals surface area contributed by atoms with Crippen LogP contribution in [0.4, 0.5) is 28.6 Å². The van der Waals surface area contributed by atoms with Gasteiger partial charge in [-0.3, -0.25) is 5.32 Å². The second-order valence-electron chi connectivity index (χ2n) is 10.3. The highest BCUT2D eigenvalue weighted by Crippen LogP contribution is 2.31. The lowest BCUT2D eigenvalue weighted by molar-refractivity contribution is -0.274. The van der Waals surface area contributed by atoms with Crippen molar-refractivity contribution in [1.82, 2.24) is 20.4 Å². The first-order valence-corrected chi connectivity index (χ1v) is 14.3. The number of aromatic nitrogens is 2. The quantitative estimate of drug-likeness (QED) is 0.119. The van der Waals surface area contributed by atoms with Gasteiger partial charge in [0.2, 0.25) is 12.2 Å². The van der Waals surface area contributed by atoms with Gasteiger partial charge in [0.05, 0.1) is 30.5 Å². The van der Waals surface area contributed by atoms with E-state index in [1.54, 1.807) is 44.2 Å². The van der Waals surface area contributed by atoms with Crippen LogP contribution >= 0.6 is 0 Å². The number of halogens is 3. The van der Waals surface area contributed by atoms with Crippen LogP contribution < -0.4 is 25.4 Å². The van der Waals surface area contributed by atoms with E-state index in [9.17, 15) is 27.9 Å². The summed E-state index contributed by atoms with van der Waals surface area (Å²) in [4.78, 5) is 24.6. The van der Waals surface area contributed by atoms with Gasteiger partial charge in [-0.05, 0) is 49.2 Å². The van der Waals surface area contributed by atoms with Gasteiger partial charge in [-0.2, -0.15) is 0 Å². The minimum atomic E-state index is -4.93. The number of hydrogen-bond donors (Lipinski definition) is 4. The highest BCUT2D eigenvalue weighted by molar-refractivity contribution is 5.89. The Morgan fingerprint density at radius 1 is 0.979 bits per heavy atom. The van der Waals surface area contributed by atoms with E-state index in [2.05, 4.69) is 25.8 Å². The molecule has 3 aromatic carbocycles. The van der Waals surface area contributed by atoms with Gasteiger partial charge in [0.25, 0.3) is 0 Å². The van der Waals surface area contributed by atoms with Crippen molar-refractivity contribution in [2.75, 3.05) is 12.4 Å². The highest BCUT2D eigenvalue weighted by Gasteiger charge is 2.32. The summed E-state index contributed by atoms with van der Waals surface area (Å²) in [6, 6.07) is 20.4. The summed E-state index contributed by atoms with van der Waals surface area (Å²) in [6.07, 6.45) is -7.34. The summed E-state index contributed by atoms with van der Waals surface area (Å²) in [7, 11) is 1.45. The van der Waals surface area contributed by atoms with Crippen molar-refractivity contribution >= 4 is 17.9 Å². The second-order valence-corrected chi connectivity index (χ2v) is 10.3. The molecule has 1 aromatic heterocycles. The number of para-hydroxylation sites is 1. The second kappa shape index (κ2) is 15.8. The molecule has 47 heavy (non-hydrogen) atoms. The molecule has 4 aromatic rings. The number of nitrogens with one attached hydrogen (secondary N) is 3. The van der Waals surface area contributed by atoms with Crippen molar-refractivity contribution < 1.29 is 46.8 Å². The van der Waals surface area contributed by atoms with Crippen molar-refractivity contribution in [2.45, 2.75) is 52.3 Å². The SMILES string of the molecule is COCc1ccc(OC(F)(F)F)c(CNC(=O)Nc2c(C)c(OC(OCc3ccccc3)C(C)NC(=O)O)nn2-c2ccccc2)c1. The van der Waals surface area contributed by atoms with Gasteiger partial charge in [0, 0.05) is 19.2 Å². The normalized spacial score (nSPS) is 12.6. The molecule has 0 bridgehead atoms. The Bertz CT molecular complexity index is 1640. The Kier molecular flexibility index (Phi) is 11.6. The molecule has 250 valence electrons. The number of carbonyl (C=O) groups excluding carboxylic acids is 1. The Hall–Kier alpha value is -5.28. The Labute approximate surface area is 268 Å². The van der Waals surface area contributed by atoms with Crippen LogP contribution in [0, 0.1) is 6.92 Å². The molecule has 4 N–H and O–H groups in total. The molecule has 3 amide bonds. The van der Waals surface area contributed by atoms with Gasteiger partial charge in [-0.15, -0.1) is 18.3 Å². The highest BCUT2D eigenvalue weighted by atomic mass is 19.4. The molecule has 2 unspecified atom stereocenters. The van der Waals surface area contributed by atoms with Crippen molar-refractivity contribution in [3.8, 4) is 17.3 Å². The first-order valence-electron chi connectivity index (χ1n) is 14.3. The number of urea groups is 1. The number of amides is 3. The molecule has 0 spiro atoms. The molecule has 0 saturated carbocycles. The third-order valence-electron chi connectivity index (χ3n) is 6.66. The predicted molar refractivity (Wildman–Crippen MR) is 164 cm³/mol. The van der Waals surface area contributed by atoms with Crippen LogP contribution in [0.1, 0.15) is 29.2 Å². The van der Waals surface area contributed by atoms with Crippen LogP contribution in [0.5, 0.6) is 11.6 Å². The van der Waals surface area contributed by atoms with Crippen molar-refractivity contribution in [1.29, 1.82) is 0 Å². The molecule has 0 aliphatic carbocycles. The summed E-state index contributed by atoms with van der Waals surface area (Å²) in [6.45, 7) is 3.13. The van der Waals surface area contributed by atoms with Gasteiger partial charge >= 0.3 is 18.5 Å². The first-order chi connectivity index (χ1) is 22.4. The summed E-state index contributed by atoms with van der Waals surface area (Å²) >= 11 is 0. The molecule has 0 aliphatic rings. The molecule has 15 heteroatoms. The van der Waals surface area contributed by atoms with Gasteiger partial charge in [0.15, 0.2) is 0 Å². The number of anilines is 1. The molecule has 1 heterocycles. The molecular weight excluding hydrogens is 623 g/mol. The molecule has 12 nitrogen and oxygen atoms in total. The first kappa shape index (κ1) is 34.6. The third kappa shape index (κ3) is 10.1. The van der Waals surface area contributed by atoms with Gasteiger partial charge in [-0.1, -0.05) is 54.6 Å². The average Bonchev–Trinajstić information content (AvgIpc) is 3.33. The number of ether oxygens (including phenoxy) is 4. The average molecular weight is 658 g/mol. The van der Waals surface area contributed by atoms with E-state index in [1.807, 2.05) is 30.3 Å². The van der Waals surface area contributed by atoms with Crippen LogP contribution in [-0.4, -0.2) is 52.8 Å². The van der Waals surface area contributed by atoms with Gasteiger partial charge < -0.3 is 34.7 Å². The lowest BCUT2D eigenvalue weighted by Crippen LogP contribution is -2.45. The molecule has 2 atom stereocenters. The number of carboxylic acid groups (broad SMARTS) is 1. The fourth-order valence-electron chi connectivity index (χ4n) is 4.48. The maximum absolute atomic E-state index is 13.2. The number of benzene rings is 3. The third-order valence-corrected chi connectivity index (χ3v) is 6.66. The Balaban J connectivity index is 1.59. The van der Waals surface area contributed by atoms with Gasteiger partial charge in [0.1, 0.15) is 11.6 Å². The smallest absolute Gasteiger partial charge is 0.465 e. The minimum Gasteiger partial charge on any atom is -0.465 e. The van der Waals surface area contributed by atoms with Gasteiger partial charge in [-0.25, -0.2) is 14.3 Å². The fraction of sp³-hybridized carbons (Fsp3) is 0.281. The lowest BCUT2D eigenvalue weighted by atomic mass is 10.1. The number of methoxy groups -OCH3 is 1. The standard InChI is InChI=1S/C32H34F3N5O7/c1-20-27(38-30(41)36-17-24-16-23(18-44-3)14-15-26(24)47-32(33,34)35)40(25-12-8-5-9-13-25)39-28(20)46-29(21(2)37-31(42)43)45-19-22-10-6-4-7-11-22/h4-16,21,29,37H,17-19H2,1-3H3,(H,42,43)(H2,36,38,41). The van der Waals surface area contributed by atoms with E-state index in [-0.39, 0.29) is 37.0 Å². The monoisotopic (exact) mass is 657 g/mol. The number of alkyl halides is 3. The fourth-order valence-corrected chi connectivity index (χ4v) is 4.48. The van der Waals surface area contributed by atoms with E-state index in [0.717, 1.165) is 11.6 Å². The number of hydrogen-bond acceptors (Lipinski definition) is 7. The molecule has 0 saturated heterocycles. The maximum Gasteiger partial charge on any atom is 0.573 e. The number of nitrogens with zero attached hydrogens (tertiary/aromatic N) is 2. The Morgan fingerprint density at radius 2 is 1.66 bits per heavy atom. The summed E-state index contributed by atoms with van der Waals surface area (Å²) < 4.78 is 61.8. The van der Waals surface area contributed by atoms with E-state index in [4.69, 9.17) is 14.2 Å². The molecule has 0 fully saturated rings. The van der Waals surface area contributed by atoms with Crippen LogP contribution in [0.3, 0.4) is 0 Å². The van der Waals surface area contributed by atoms with E-state index >= 15 is 0 Å². The van der Waals surface area contributed by atoms with Crippen LogP contribution in [0.15, 0.2) is 78.9 Å². The van der Waals surface area contributed by atoms with Crippen molar-refractivity contribution in [2.24, 2.45) is 0 Å². The maximum atomic E-state index is 13.2. The molecule has 4 rings (SSSR count). The van der Waals surface area contributed by atoms with Crippen molar-refractivity contribution in [3.63, 3.8) is 0 Å². The van der Waals surface area contributed by atoms with Crippen LogP contribution in [0.2, 0.25) is 0 Å². The van der Waals surface area contributed by atoms with E-state index in [0.29, 0.717) is 16.8 Å². The topological polar surface area (TPSA) is 145 Å². The van der Waals surface area contributed by atoms with Crippen LogP contribution in [0.25, 0.3) is 5.69 Å². The minimum absolute atomic E-state index is 0.0365. The zero-order valence-corrected chi connectivity index (χ0v) is 25.7. The van der Waals surface area contributed by atoms with E-state index in [1.165, 1.54) is 23.9 Å². The summed E-state index contributed by atoms with van der Waals surface area (Å²) in [5.41, 5.74) is 2.39.